The number of aliphatic imine (C=N–C) groups is 1. The smallest absolute Gasteiger partial charge is 0.335 e. The van der Waals surface area contributed by atoms with Crippen molar-refractivity contribution in [2.24, 2.45) is 4.99 Å². The van der Waals surface area contributed by atoms with Crippen LogP contribution in [0.1, 0.15) is 23.9 Å². The van der Waals surface area contributed by atoms with Crippen LogP contribution in [0.3, 0.4) is 0 Å². The van der Waals surface area contributed by atoms with Gasteiger partial charge in [0.1, 0.15) is 11.4 Å². The normalized spacial score (nSPS) is 11.6. The van der Waals surface area contributed by atoms with Crippen molar-refractivity contribution in [2.75, 3.05) is 0 Å². The first kappa shape index (κ1) is 19.8. The van der Waals surface area contributed by atoms with Crippen LogP contribution < -0.4 is 11.2 Å². The minimum absolute atomic E-state index is 0.111. The van der Waals surface area contributed by atoms with Crippen molar-refractivity contribution < 1.29 is 5.11 Å². The SMILES string of the molecule is CCc1cc(Br)ccc1-n1c(O)c(C=Nc2ccc3nc(C)[nH]c3c2)c(=O)[nH]c1=O. The van der Waals surface area contributed by atoms with E-state index in [2.05, 4.69) is 35.9 Å². The molecule has 0 saturated heterocycles. The standard InChI is InChI=1S/C21H18BrN5O3/c1-3-12-8-13(22)4-7-18(12)27-20(29)15(19(28)26-21(27)30)10-23-14-5-6-16-17(9-14)25-11(2)24-16/h4-10,29H,3H2,1-2H3,(H,24,25)(H,26,28,30). The first-order valence-electron chi connectivity index (χ1n) is 9.25. The van der Waals surface area contributed by atoms with Gasteiger partial charge in [0.15, 0.2) is 0 Å². The summed E-state index contributed by atoms with van der Waals surface area (Å²) in [6.07, 6.45) is 1.88. The number of fused-ring (bicyclic) bond motifs is 1. The fraction of sp³-hybridized carbons (Fsp3) is 0.143. The average molecular weight is 468 g/mol. The molecule has 0 radical (unpaired) electrons. The third-order valence-corrected chi connectivity index (χ3v) is 5.20. The van der Waals surface area contributed by atoms with Crippen LogP contribution in [0.2, 0.25) is 0 Å². The lowest BCUT2D eigenvalue weighted by Crippen LogP contribution is -2.31. The lowest BCUT2D eigenvalue weighted by atomic mass is 10.1. The number of aryl methyl sites for hydroxylation is 2. The van der Waals surface area contributed by atoms with Gasteiger partial charge in [-0.2, -0.15) is 0 Å². The van der Waals surface area contributed by atoms with Gasteiger partial charge in [-0.15, -0.1) is 0 Å². The topological polar surface area (TPSA) is 116 Å². The van der Waals surface area contributed by atoms with Crippen LogP contribution in [-0.4, -0.2) is 30.8 Å². The minimum atomic E-state index is -0.721. The maximum absolute atomic E-state index is 12.5. The zero-order valence-electron chi connectivity index (χ0n) is 16.2. The highest BCUT2D eigenvalue weighted by Crippen LogP contribution is 2.24. The third-order valence-electron chi connectivity index (χ3n) is 4.71. The molecular formula is C21H18BrN5O3. The van der Waals surface area contributed by atoms with Crippen LogP contribution in [0.15, 0.2) is 55.5 Å². The number of benzene rings is 2. The van der Waals surface area contributed by atoms with E-state index in [0.717, 1.165) is 31.5 Å². The number of rotatable bonds is 4. The molecular weight excluding hydrogens is 450 g/mol. The van der Waals surface area contributed by atoms with Crippen LogP contribution in [0, 0.1) is 6.92 Å². The molecule has 2 aromatic heterocycles. The van der Waals surface area contributed by atoms with E-state index in [1.54, 1.807) is 24.3 Å². The molecule has 4 aromatic rings. The van der Waals surface area contributed by atoms with Crippen molar-refractivity contribution in [3.05, 3.63) is 78.7 Å². The average Bonchev–Trinajstić information content (AvgIpc) is 3.07. The summed E-state index contributed by atoms with van der Waals surface area (Å²) in [5.41, 5.74) is 1.96. The van der Waals surface area contributed by atoms with Gasteiger partial charge in [-0.05, 0) is 55.3 Å². The summed E-state index contributed by atoms with van der Waals surface area (Å²) in [5.74, 6) is 0.316. The number of nitrogens with one attached hydrogen (secondary N) is 2. The Morgan fingerprint density at radius 1 is 1.20 bits per heavy atom. The van der Waals surface area contributed by atoms with Gasteiger partial charge in [0.05, 0.1) is 22.4 Å². The van der Waals surface area contributed by atoms with Crippen molar-refractivity contribution in [3.63, 3.8) is 0 Å². The first-order chi connectivity index (χ1) is 14.4. The van der Waals surface area contributed by atoms with Gasteiger partial charge in [0.25, 0.3) is 5.56 Å². The van der Waals surface area contributed by atoms with Crippen molar-refractivity contribution in [2.45, 2.75) is 20.3 Å². The van der Waals surface area contributed by atoms with Gasteiger partial charge in [0.2, 0.25) is 5.88 Å². The summed E-state index contributed by atoms with van der Waals surface area (Å²) in [6.45, 7) is 3.80. The lowest BCUT2D eigenvalue weighted by Gasteiger charge is -2.13. The molecule has 0 aliphatic carbocycles. The number of aromatic amines is 2. The van der Waals surface area contributed by atoms with Gasteiger partial charge >= 0.3 is 5.69 Å². The van der Waals surface area contributed by atoms with Crippen molar-refractivity contribution in [1.82, 2.24) is 19.5 Å². The van der Waals surface area contributed by atoms with Crippen molar-refractivity contribution >= 4 is 38.9 Å². The molecule has 2 heterocycles. The molecule has 30 heavy (non-hydrogen) atoms. The molecule has 2 aromatic carbocycles. The summed E-state index contributed by atoms with van der Waals surface area (Å²) >= 11 is 3.41. The predicted octanol–water partition coefficient (Wildman–Crippen LogP) is 3.49. The molecule has 3 N–H and O–H groups in total. The summed E-state index contributed by atoms with van der Waals surface area (Å²) in [4.78, 5) is 38.8. The molecule has 152 valence electrons. The Balaban J connectivity index is 1.82. The Labute approximate surface area is 179 Å². The largest absolute Gasteiger partial charge is 0.493 e. The molecule has 0 atom stereocenters. The molecule has 8 nitrogen and oxygen atoms in total. The first-order valence-corrected chi connectivity index (χ1v) is 10.0. The maximum Gasteiger partial charge on any atom is 0.335 e. The number of hydrogen-bond donors (Lipinski definition) is 3. The second-order valence-electron chi connectivity index (χ2n) is 6.74. The number of imidazole rings is 1. The Kier molecular flexibility index (Phi) is 5.13. The van der Waals surface area contributed by atoms with Crippen LogP contribution in [0.5, 0.6) is 5.88 Å². The summed E-state index contributed by atoms with van der Waals surface area (Å²) in [5, 5.41) is 10.8. The number of aromatic hydroxyl groups is 1. The fourth-order valence-electron chi connectivity index (χ4n) is 3.28. The van der Waals surface area contributed by atoms with E-state index < -0.39 is 17.1 Å². The number of halogens is 1. The molecule has 0 saturated carbocycles. The van der Waals surface area contributed by atoms with Gasteiger partial charge in [0, 0.05) is 10.7 Å². The minimum Gasteiger partial charge on any atom is -0.493 e. The Morgan fingerprint density at radius 2 is 2.00 bits per heavy atom. The zero-order chi connectivity index (χ0) is 21.4. The molecule has 0 bridgehead atoms. The third kappa shape index (κ3) is 3.59. The number of H-pyrrole nitrogens is 2. The molecule has 0 amide bonds. The second kappa shape index (κ2) is 7.75. The highest BCUT2D eigenvalue weighted by molar-refractivity contribution is 9.10. The monoisotopic (exact) mass is 467 g/mol. The summed E-state index contributed by atoms with van der Waals surface area (Å²) < 4.78 is 1.93. The van der Waals surface area contributed by atoms with Gasteiger partial charge in [-0.1, -0.05) is 22.9 Å². The van der Waals surface area contributed by atoms with E-state index in [-0.39, 0.29) is 5.56 Å². The molecule has 0 aliphatic rings. The highest BCUT2D eigenvalue weighted by Gasteiger charge is 2.16. The maximum atomic E-state index is 12.5. The lowest BCUT2D eigenvalue weighted by molar-refractivity contribution is 0.429. The van der Waals surface area contributed by atoms with Crippen LogP contribution in [0.25, 0.3) is 16.7 Å². The van der Waals surface area contributed by atoms with E-state index in [4.69, 9.17) is 0 Å². The molecule has 0 unspecified atom stereocenters. The number of aromatic nitrogens is 4. The van der Waals surface area contributed by atoms with Crippen molar-refractivity contribution in [1.29, 1.82) is 0 Å². The predicted molar refractivity (Wildman–Crippen MR) is 119 cm³/mol. The fourth-order valence-corrected chi connectivity index (χ4v) is 3.69. The quantitative estimate of drug-likeness (QED) is 0.398. The molecule has 9 heteroatoms. The van der Waals surface area contributed by atoms with E-state index in [1.807, 2.05) is 26.0 Å². The van der Waals surface area contributed by atoms with E-state index in [9.17, 15) is 14.7 Å². The molecule has 0 spiro atoms. The Morgan fingerprint density at radius 3 is 2.77 bits per heavy atom. The summed E-state index contributed by atoms with van der Waals surface area (Å²) in [6, 6.07) is 10.7. The van der Waals surface area contributed by atoms with Gasteiger partial charge in [-0.3, -0.25) is 14.8 Å². The van der Waals surface area contributed by atoms with E-state index >= 15 is 0 Å². The Hall–Kier alpha value is -3.46. The van der Waals surface area contributed by atoms with E-state index in [1.165, 1.54) is 6.21 Å². The van der Waals surface area contributed by atoms with E-state index in [0.29, 0.717) is 17.8 Å². The van der Waals surface area contributed by atoms with Gasteiger partial charge in [-0.25, -0.2) is 14.3 Å². The second-order valence-corrected chi connectivity index (χ2v) is 7.66. The summed E-state index contributed by atoms with van der Waals surface area (Å²) in [7, 11) is 0. The van der Waals surface area contributed by atoms with Crippen molar-refractivity contribution in [3.8, 4) is 11.6 Å². The molecule has 0 fully saturated rings. The molecule has 4 rings (SSSR count). The van der Waals surface area contributed by atoms with Gasteiger partial charge < -0.3 is 10.1 Å². The molecule has 0 aliphatic heterocycles. The highest BCUT2D eigenvalue weighted by atomic mass is 79.9. The number of hydrogen-bond acceptors (Lipinski definition) is 5. The van der Waals surface area contributed by atoms with Crippen LogP contribution in [0.4, 0.5) is 5.69 Å². The van der Waals surface area contributed by atoms with Crippen LogP contribution in [-0.2, 0) is 6.42 Å². The van der Waals surface area contributed by atoms with Crippen LogP contribution >= 0.6 is 15.9 Å². The number of nitrogens with zero attached hydrogens (tertiary/aromatic N) is 3. The Bertz CT molecular complexity index is 1410. The zero-order valence-corrected chi connectivity index (χ0v) is 17.8.